The molecule has 0 bridgehead atoms. The molecule has 0 aromatic heterocycles. The van der Waals surface area contributed by atoms with Gasteiger partial charge in [0, 0.05) is 6.42 Å². The lowest BCUT2D eigenvalue weighted by Crippen LogP contribution is -2.10. The van der Waals surface area contributed by atoms with Gasteiger partial charge >= 0.3 is 0 Å². The van der Waals surface area contributed by atoms with E-state index in [0.717, 1.165) is 6.42 Å². The highest BCUT2D eigenvalue weighted by Crippen LogP contribution is 2.30. The number of aliphatic hydroxyl groups excluding tert-OH is 1. The summed E-state index contributed by atoms with van der Waals surface area (Å²) in [5.41, 5.74) is 1.37. The molecule has 0 aromatic carbocycles. The Morgan fingerprint density at radius 2 is 2.00 bits per heavy atom. The van der Waals surface area contributed by atoms with Gasteiger partial charge in [-0.3, -0.25) is 0 Å². The standard InChI is InChI=1S/C10H15O/c1-10(2,3)8-5-4-6-9(11)7-8/h5-7,11H,4H2,1-3H3. The van der Waals surface area contributed by atoms with Crippen LogP contribution in [0.5, 0.6) is 0 Å². The van der Waals surface area contributed by atoms with E-state index in [1.807, 2.05) is 12.5 Å². The monoisotopic (exact) mass is 151 g/mol. The van der Waals surface area contributed by atoms with E-state index in [9.17, 15) is 5.11 Å². The molecule has 0 atom stereocenters. The van der Waals surface area contributed by atoms with Crippen LogP contribution in [0.4, 0.5) is 0 Å². The average molecular weight is 151 g/mol. The maximum absolute atomic E-state index is 9.21. The molecule has 0 fully saturated rings. The molecule has 0 saturated heterocycles. The highest BCUT2D eigenvalue weighted by molar-refractivity contribution is 5.33. The molecule has 1 radical (unpaired) electrons. The molecule has 1 rings (SSSR count). The number of rotatable bonds is 0. The summed E-state index contributed by atoms with van der Waals surface area (Å²) >= 11 is 0. The van der Waals surface area contributed by atoms with Gasteiger partial charge in [0.25, 0.3) is 0 Å². The SMILES string of the molecule is CC(C)(C)C1=CC[CH]C(O)=C1. The molecule has 1 aliphatic rings. The van der Waals surface area contributed by atoms with Gasteiger partial charge in [-0.2, -0.15) is 0 Å². The van der Waals surface area contributed by atoms with Crippen LogP contribution < -0.4 is 0 Å². The predicted octanol–water partition coefficient (Wildman–Crippen LogP) is 3.01. The summed E-state index contributed by atoms with van der Waals surface area (Å²) in [5, 5.41) is 9.21. The molecule has 11 heavy (non-hydrogen) atoms. The molecule has 0 amide bonds. The lowest BCUT2D eigenvalue weighted by Gasteiger charge is -2.22. The highest BCUT2D eigenvalue weighted by atomic mass is 16.3. The van der Waals surface area contributed by atoms with Gasteiger partial charge in [-0.25, -0.2) is 0 Å². The van der Waals surface area contributed by atoms with Crippen molar-refractivity contribution in [2.24, 2.45) is 5.41 Å². The molecule has 0 heterocycles. The first-order valence-corrected chi connectivity index (χ1v) is 3.94. The fraction of sp³-hybridized carbons (Fsp3) is 0.500. The molecule has 1 nitrogen and oxygen atoms in total. The molecule has 61 valence electrons. The Hall–Kier alpha value is -0.720. The van der Waals surface area contributed by atoms with Gasteiger partial charge < -0.3 is 5.11 Å². The van der Waals surface area contributed by atoms with Gasteiger partial charge in [-0.1, -0.05) is 26.8 Å². The number of aliphatic hydroxyl groups is 1. The third-order valence-electron chi connectivity index (χ3n) is 1.83. The van der Waals surface area contributed by atoms with E-state index < -0.39 is 0 Å². The largest absolute Gasteiger partial charge is 0.512 e. The molecule has 0 saturated carbocycles. The van der Waals surface area contributed by atoms with Crippen molar-refractivity contribution in [1.29, 1.82) is 0 Å². The van der Waals surface area contributed by atoms with E-state index >= 15 is 0 Å². The molecule has 0 aliphatic heterocycles. The molecular weight excluding hydrogens is 136 g/mol. The first kappa shape index (κ1) is 8.38. The Kier molecular flexibility index (Phi) is 2.08. The Labute approximate surface area is 68.4 Å². The van der Waals surface area contributed by atoms with Crippen molar-refractivity contribution < 1.29 is 5.11 Å². The van der Waals surface area contributed by atoms with E-state index in [1.165, 1.54) is 5.57 Å². The number of hydrogen-bond donors (Lipinski definition) is 1. The first-order valence-electron chi connectivity index (χ1n) is 3.94. The Morgan fingerprint density at radius 1 is 1.36 bits per heavy atom. The van der Waals surface area contributed by atoms with Crippen LogP contribution in [-0.2, 0) is 0 Å². The van der Waals surface area contributed by atoms with Crippen LogP contribution in [-0.4, -0.2) is 5.11 Å². The minimum absolute atomic E-state index is 0.155. The van der Waals surface area contributed by atoms with Gasteiger partial charge in [-0.05, 0) is 23.5 Å². The van der Waals surface area contributed by atoms with E-state index in [4.69, 9.17) is 0 Å². The Balaban J connectivity index is 2.82. The van der Waals surface area contributed by atoms with Crippen LogP contribution in [0.15, 0.2) is 23.5 Å². The van der Waals surface area contributed by atoms with Crippen LogP contribution in [0.2, 0.25) is 0 Å². The zero-order chi connectivity index (χ0) is 8.48. The van der Waals surface area contributed by atoms with Gasteiger partial charge in [0.05, 0.1) is 5.76 Å². The molecule has 1 aliphatic carbocycles. The molecular formula is C10H15O. The van der Waals surface area contributed by atoms with Crippen LogP contribution in [0, 0.1) is 11.8 Å². The molecule has 0 spiro atoms. The van der Waals surface area contributed by atoms with E-state index in [0.29, 0.717) is 5.76 Å². The van der Waals surface area contributed by atoms with Crippen molar-refractivity contribution >= 4 is 0 Å². The normalized spacial score (nSPS) is 19.2. The molecule has 1 heteroatoms. The number of hydrogen-bond acceptors (Lipinski definition) is 1. The predicted molar refractivity (Wildman–Crippen MR) is 47.2 cm³/mol. The summed E-state index contributed by atoms with van der Waals surface area (Å²) in [4.78, 5) is 0. The van der Waals surface area contributed by atoms with E-state index in [-0.39, 0.29) is 5.41 Å². The number of allylic oxidation sites excluding steroid dienone is 4. The second-order valence-corrected chi connectivity index (χ2v) is 3.92. The molecule has 1 N–H and O–H groups in total. The Morgan fingerprint density at radius 3 is 2.36 bits per heavy atom. The average Bonchev–Trinajstić information content (AvgIpc) is 1.86. The minimum atomic E-state index is 0.155. The maximum Gasteiger partial charge on any atom is 0.0966 e. The molecule has 0 aromatic rings. The summed E-state index contributed by atoms with van der Waals surface area (Å²) in [6, 6.07) is 0. The van der Waals surface area contributed by atoms with Crippen LogP contribution >= 0.6 is 0 Å². The van der Waals surface area contributed by atoms with Gasteiger partial charge in [0.15, 0.2) is 0 Å². The van der Waals surface area contributed by atoms with Gasteiger partial charge in [0.2, 0.25) is 0 Å². The Bertz CT molecular complexity index is 203. The maximum atomic E-state index is 9.21. The zero-order valence-electron chi connectivity index (χ0n) is 7.39. The minimum Gasteiger partial charge on any atom is -0.512 e. The zero-order valence-corrected chi connectivity index (χ0v) is 7.39. The smallest absolute Gasteiger partial charge is 0.0966 e. The van der Waals surface area contributed by atoms with Gasteiger partial charge in [-0.15, -0.1) is 0 Å². The first-order chi connectivity index (χ1) is 5.00. The summed E-state index contributed by atoms with van der Waals surface area (Å²) in [5.74, 6) is 0.400. The second kappa shape index (κ2) is 2.72. The summed E-state index contributed by atoms with van der Waals surface area (Å²) in [6.45, 7) is 6.44. The van der Waals surface area contributed by atoms with Crippen molar-refractivity contribution in [3.8, 4) is 0 Å². The summed E-state index contributed by atoms with van der Waals surface area (Å²) < 4.78 is 0. The topological polar surface area (TPSA) is 20.2 Å². The van der Waals surface area contributed by atoms with Crippen molar-refractivity contribution in [3.05, 3.63) is 29.9 Å². The quantitative estimate of drug-likeness (QED) is 0.564. The van der Waals surface area contributed by atoms with Crippen LogP contribution in [0.3, 0.4) is 0 Å². The third-order valence-corrected chi connectivity index (χ3v) is 1.83. The van der Waals surface area contributed by atoms with E-state index in [2.05, 4.69) is 26.8 Å². The highest BCUT2D eigenvalue weighted by Gasteiger charge is 2.17. The van der Waals surface area contributed by atoms with Crippen molar-refractivity contribution in [3.63, 3.8) is 0 Å². The van der Waals surface area contributed by atoms with Crippen molar-refractivity contribution in [1.82, 2.24) is 0 Å². The summed E-state index contributed by atoms with van der Waals surface area (Å²) in [6.07, 6.45) is 6.66. The van der Waals surface area contributed by atoms with Gasteiger partial charge in [0.1, 0.15) is 0 Å². The summed E-state index contributed by atoms with van der Waals surface area (Å²) in [7, 11) is 0. The second-order valence-electron chi connectivity index (χ2n) is 3.92. The molecule has 0 unspecified atom stereocenters. The van der Waals surface area contributed by atoms with E-state index in [1.54, 1.807) is 0 Å². The lowest BCUT2D eigenvalue weighted by molar-refractivity contribution is 0.409. The van der Waals surface area contributed by atoms with Crippen LogP contribution in [0.25, 0.3) is 0 Å². The van der Waals surface area contributed by atoms with Crippen LogP contribution in [0.1, 0.15) is 27.2 Å². The fourth-order valence-corrected chi connectivity index (χ4v) is 1.11. The lowest BCUT2D eigenvalue weighted by atomic mass is 9.83. The van der Waals surface area contributed by atoms with Crippen molar-refractivity contribution in [2.45, 2.75) is 27.2 Å². The fourth-order valence-electron chi connectivity index (χ4n) is 1.11. The van der Waals surface area contributed by atoms with Crippen molar-refractivity contribution in [2.75, 3.05) is 0 Å². The third kappa shape index (κ3) is 2.11.